The molecule has 0 spiro atoms. The van der Waals surface area contributed by atoms with Crippen molar-refractivity contribution in [2.45, 2.75) is 19.4 Å². The lowest BCUT2D eigenvalue weighted by Crippen LogP contribution is -2.16. The van der Waals surface area contributed by atoms with Gasteiger partial charge in [0.1, 0.15) is 0 Å². The van der Waals surface area contributed by atoms with Gasteiger partial charge in [0.05, 0.1) is 18.1 Å². The summed E-state index contributed by atoms with van der Waals surface area (Å²) >= 11 is 0. The van der Waals surface area contributed by atoms with Crippen LogP contribution in [0, 0.1) is 10.1 Å². The number of hydrogen-bond donors (Lipinski definition) is 1. The smallest absolute Gasteiger partial charge is 0.273 e. The van der Waals surface area contributed by atoms with E-state index in [2.05, 4.69) is 5.32 Å². The van der Waals surface area contributed by atoms with Gasteiger partial charge in [-0.15, -0.1) is 0 Å². The molecule has 6 heteroatoms. The summed E-state index contributed by atoms with van der Waals surface area (Å²) in [6.07, 6.45) is 1.95. The van der Waals surface area contributed by atoms with E-state index in [1.165, 1.54) is 6.07 Å². The first-order chi connectivity index (χ1) is 9.75. The SMILES string of the molecule is COCCOCCCCNCc1ccccc1[N+](=O)[O-]. The quantitative estimate of drug-likeness (QED) is 0.382. The zero-order valence-electron chi connectivity index (χ0n) is 11.8. The van der Waals surface area contributed by atoms with Crippen molar-refractivity contribution in [2.24, 2.45) is 0 Å². The maximum absolute atomic E-state index is 10.8. The fraction of sp³-hybridized carbons (Fsp3) is 0.571. The molecule has 0 aliphatic rings. The maximum Gasteiger partial charge on any atom is 0.273 e. The topological polar surface area (TPSA) is 73.6 Å². The zero-order valence-corrected chi connectivity index (χ0v) is 11.8. The Bertz CT molecular complexity index is 399. The highest BCUT2D eigenvalue weighted by molar-refractivity contribution is 5.39. The Morgan fingerprint density at radius 3 is 2.75 bits per heavy atom. The number of nitrogens with one attached hydrogen (secondary N) is 1. The van der Waals surface area contributed by atoms with Crippen LogP contribution in [-0.2, 0) is 16.0 Å². The fourth-order valence-corrected chi connectivity index (χ4v) is 1.76. The third kappa shape index (κ3) is 6.60. The van der Waals surface area contributed by atoms with Crippen molar-refractivity contribution in [1.82, 2.24) is 5.32 Å². The molecule has 6 nitrogen and oxygen atoms in total. The number of para-hydroxylation sites is 1. The molecule has 0 aliphatic carbocycles. The summed E-state index contributed by atoms with van der Waals surface area (Å²) in [4.78, 5) is 10.5. The second kappa shape index (κ2) is 10.3. The summed E-state index contributed by atoms with van der Waals surface area (Å²) in [5, 5.41) is 14.0. The predicted octanol–water partition coefficient (Wildman–Crippen LogP) is 2.13. The van der Waals surface area contributed by atoms with Crippen molar-refractivity contribution < 1.29 is 14.4 Å². The van der Waals surface area contributed by atoms with Crippen LogP contribution in [0.25, 0.3) is 0 Å². The molecule has 1 rings (SSSR count). The highest BCUT2D eigenvalue weighted by atomic mass is 16.6. The summed E-state index contributed by atoms with van der Waals surface area (Å²) in [7, 11) is 1.65. The molecule has 0 aliphatic heterocycles. The number of nitro benzene ring substituents is 1. The van der Waals surface area contributed by atoms with Crippen molar-refractivity contribution in [1.29, 1.82) is 0 Å². The molecule has 0 amide bonds. The lowest BCUT2D eigenvalue weighted by Gasteiger charge is -2.06. The third-order valence-electron chi connectivity index (χ3n) is 2.83. The normalized spacial score (nSPS) is 10.7. The molecular formula is C14H22N2O4. The molecule has 1 aromatic carbocycles. The number of unbranched alkanes of at least 4 members (excludes halogenated alkanes) is 1. The molecule has 0 saturated carbocycles. The average Bonchev–Trinajstić information content (AvgIpc) is 2.46. The van der Waals surface area contributed by atoms with Gasteiger partial charge in [0.15, 0.2) is 0 Å². The highest BCUT2D eigenvalue weighted by Crippen LogP contribution is 2.16. The average molecular weight is 282 g/mol. The van der Waals surface area contributed by atoms with Gasteiger partial charge >= 0.3 is 0 Å². The van der Waals surface area contributed by atoms with Gasteiger partial charge < -0.3 is 14.8 Å². The van der Waals surface area contributed by atoms with Crippen LogP contribution < -0.4 is 5.32 Å². The molecule has 0 saturated heterocycles. The number of rotatable bonds is 11. The van der Waals surface area contributed by atoms with Crippen molar-refractivity contribution in [3.8, 4) is 0 Å². The van der Waals surface area contributed by atoms with E-state index in [4.69, 9.17) is 9.47 Å². The van der Waals surface area contributed by atoms with E-state index < -0.39 is 0 Å². The van der Waals surface area contributed by atoms with Crippen molar-refractivity contribution in [2.75, 3.05) is 33.5 Å². The van der Waals surface area contributed by atoms with E-state index in [-0.39, 0.29) is 10.6 Å². The van der Waals surface area contributed by atoms with E-state index in [1.807, 2.05) is 6.07 Å². The number of benzene rings is 1. The Hall–Kier alpha value is -1.50. The zero-order chi connectivity index (χ0) is 14.6. The van der Waals surface area contributed by atoms with E-state index >= 15 is 0 Å². The maximum atomic E-state index is 10.8. The van der Waals surface area contributed by atoms with Gasteiger partial charge in [-0.3, -0.25) is 10.1 Å². The molecule has 112 valence electrons. The van der Waals surface area contributed by atoms with E-state index in [0.29, 0.717) is 25.3 Å². The van der Waals surface area contributed by atoms with Gasteiger partial charge in [-0.2, -0.15) is 0 Å². The fourth-order valence-electron chi connectivity index (χ4n) is 1.76. The first-order valence-electron chi connectivity index (χ1n) is 6.75. The molecule has 0 heterocycles. The Morgan fingerprint density at radius 2 is 2.00 bits per heavy atom. The highest BCUT2D eigenvalue weighted by Gasteiger charge is 2.10. The Balaban J connectivity index is 2.11. The number of methoxy groups -OCH3 is 1. The molecule has 0 radical (unpaired) electrons. The van der Waals surface area contributed by atoms with Crippen LogP contribution in [0.4, 0.5) is 5.69 Å². The van der Waals surface area contributed by atoms with Crippen LogP contribution in [0.15, 0.2) is 24.3 Å². The number of nitrogens with zero attached hydrogens (tertiary/aromatic N) is 1. The summed E-state index contributed by atoms with van der Waals surface area (Å²) in [5.74, 6) is 0. The minimum absolute atomic E-state index is 0.169. The van der Waals surface area contributed by atoms with Gasteiger partial charge in [-0.25, -0.2) is 0 Å². The summed E-state index contributed by atoms with van der Waals surface area (Å²) in [6.45, 7) is 3.30. The number of hydrogen-bond acceptors (Lipinski definition) is 5. The van der Waals surface area contributed by atoms with Gasteiger partial charge in [0.25, 0.3) is 5.69 Å². The second-order valence-electron chi connectivity index (χ2n) is 4.37. The van der Waals surface area contributed by atoms with Gasteiger partial charge in [-0.1, -0.05) is 18.2 Å². The molecular weight excluding hydrogens is 260 g/mol. The number of ether oxygens (including phenoxy) is 2. The van der Waals surface area contributed by atoms with Crippen LogP contribution in [0.3, 0.4) is 0 Å². The molecule has 0 fully saturated rings. The van der Waals surface area contributed by atoms with E-state index in [9.17, 15) is 10.1 Å². The first-order valence-corrected chi connectivity index (χ1v) is 6.75. The lowest BCUT2D eigenvalue weighted by molar-refractivity contribution is -0.385. The second-order valence-corrected chi connectivity index (χ2v) is 4.37. The molecule has 1 aromatic rings. The van der Waals surface area contributed by atoms with Gasteiger partial charge in [-0.05, 0) is 19.4 Å². The van der Waals surface area contributed by atoms with Crippen LogP contribution in [0.1, 0.15) is 18.4 Å². The van der Waals surface area contributed by atoms with Crippen molar-refractivity contribution in [3.63, 3.8) is 0 Å². The lowest BCUT2D eigenvalue weighted by atomic mass is 10.2. The van der Waals surface area contributed by atoms with Crippen LogP contribution in [0.5, 0.6) is 0 Å². The molecule has 0 bridgehead atoms. The molecule has 1 N–H and O–H groups in total. The van der Waals surface area contributed by atoms with Gasteiger partial charge in [0.2, 0.25) is 0 Å². The monoisotopic (exact) mass is 282 g/mol. The summed E-state index contributed by atoms with van der Waals surface area (Å²) in [5.41, 5.74) is 0.886. The number of nitro groups is 1. The third-order valence-corrected chi connectivity index (χ3v) is 2.83. The van der Waals surface area contributed by atoms with E-state index in [0.717, 1.165) is 26.0 Å². The Morgan fingerprint density at radius 1 is 1.20 bits per heavy atom. The van der Waals surface area contributed by atoms with Crippen LogP contribution in [-0.4, -0.2) is 38.4 Å². The standard InChI is InChI=1S/C14H22N2O4/c1-19-10-11-20-9-5-4-8-15-12-13-6-2-3-7-14(13)16(17)18/h2-3,6-7,15H,4-5,8-12H2,1H3. The summed E-state index contributed by atoms with van der Waals surface area (Å²) < 4.78 is 10.2. The largest absolute Gasteiger partial charge is 0.382 e. The molecule has 0 atom stereocenters. The minimum Gasteiger partial charge on any atom is -0.382 e. The predicted molar refractivity (Wildman–Crippen MR) is 76.7 cm³/mol. The molecule has 0 unspecified atom stereocenters. The Kier molecular flexibility index (Phi) is 8.53. The van der Waals surface area contributed by atoms with Crippen molar-refractivity contribution in [3.05, 3.63) is 39.9 Å². The van der Waals surface area contributed by atoms with Gasteiger partial charge in [0, 0.05) is 31.9 Å². The minimum atomic E-state index is -0.347. The Labute approximate surface area is 119 Å². The van der Waals surface area contributed by atoms with Crippen molar-refractivity contribution >= 4 is 5.69 Å². The van der Waals surface area contributed by atoms with E-state index in [1.54, 1.807) is 19.2 Å². The molecule has 0 aromatic heterocycles. The van der Waals surface area contributed by atoms with Crippen LogP contribution >= 0.6 is 0 Å². The van der Waals surface area contributed by atoms with Crippen LogP contribution in [0.2, 0.25) is 0 Å². The first kappa shape index (κ1) is 16.6. The summed E-state index contributed by atoms with van der Waals surface area (Å²) in [6, 6.07) is 6.80. The molecule has 20 heavy (non-hydrogen) atoms.